The largest absolute Gasteiger partial charge is 0.305 e. The van der Waals surface area contributed by atoms with E-state index in [2.05, 4.69) is 20.6 Å². The number of nitrogens with zero attached hydrogens (tertiary/aromatic N) is 3. The molecule has 0 radical (unpaired) electrons. The van der Waals surface area contributed by atoms with Crippen LogP contribution in [-0.4, -0.2) is 25.9 Å². The van der Waals surface area contributed by atoms with Gasteiger partial charge < -0.3 is 5.32 Å². The van der Waals surface area contributed by atoms with Gasteiger partial charge in [0.2, 0.25) is 0 Å². The number of nitrogens with one attached hydrogen (secondary N) is 2. The smallest absolute Gasteiger partial charge is 0.260 e. The Morgan fingerprint density at radius 3 is 2.58 bits per heavy atom. The average Bonchev–Trinajstić information content (AvgIpc) is 3.33. The first-order valence-electron chi connectivity index (χ1n) is 7.92. The number of benzene rings is 2. The standard InChI is InChI=1S/C19H14ClN5O/c20-14-8-6-13(7-9-14)18-16(12-21-23-18)19(26)22-17-10-11-25(24-17)15-4-2-1-3-5-15/h1-12H,(H,21,23)(H,22,24,26). The Morgan fingerprint density at radius 1 is 1.04 bits per heavy atom. The summed E-state index contributed by atoms with van der Waals surface area (Å²) in [5, 5.41) is 14.7. The molecule has 2 aromatic heterocycles. The van der Waals surface area contributed by atoms with Crippen LogP contribution in [-0.2, 0) is 0 Å². The SMILES string of the molecule is O=C(Nc1ccn(-c2ccccc2)n1)c1cn[nH]c1-c1ccc(Cl)cc1. The predicted molar refractivity (Wildman–Crippen MR) is 101 cm³/mol. The summed E-state index contributed by atoms with van der Waals surface area (Å²) in [4.78, 5) is 12.6. The summed E-state index contributed by atoms with van der Waals surface area (Å²) in [5.74, 6) is 0.170. The van der Waals surface area contributed by atoms with Gasteiger partial charge in [-0.2, -0.15) is 10.2 Å². The molecule has 1 amide bonds. The van der Waals surface area contributed by atoms with E-state index >= 15 is 0 Å². The zero-order valence-corrected chi connectivity index (χ0v) is 14.3. The van der Waals surface area contributed by atoms with Crippen LogP contribution in [0.15, 0.2) is 73.1 Å². The number of halogens is 1. The number of anilines is 1. The second kappa shape index (κ2) is 6.85. The van der Waals surface area contributed by atoms with Crippen LogP contribution in [0.25, 0.3) is 16.9 Å². The van der Waals surface area contributed by atoms with E-state index in [1.807, 2.05) is 42.5 Å². The van der Waals surface area contributed by atoms with Crippen LogP contribution >= 0.6 is 11.6 Å². The van der Waals surface area contributed by atoms with Gasteiger partial charge >= 0.3 is 0 Å². The first kappa shape index (κ1) is 16.1. The van der Waals surface area contributed by atoms with Gasteiger partial charge in [-0.15, -0.1) is 0 Å². The van der Waals surface area contributed by atoms with Gasteiger partial charge in [0.05, 0.1) is 23.1 Å². The van der Waals surface area contributed by atoms with Crippen molar-refractivity contribution >= 4 is 23.3 Å². The fourth-order valence-electron chi connectivity index (χ4n) is 2.59. The lowest BCUT2D eigenvalue weighted by atomic mass is 10.1. The molecule has 0 aliphatic heterocycles. The predicted octanol–water partition coefficient (Wildman–Crippen LogP) is 4.17. The molecule has 7 heteroatoms. The molecule has 0 aliphatic rings. The maximum absolute atomic E-state index is 12.6. The minimum absolute atomic E-state index is 0.290. The normalized spacial score (nSPS) is 10.7. The number of aromatic amines is 1. The quantitative estimate of drug-likeness (QED) is 0.571. The van der Waals surface area contributed by atoms with Gasteiger partial charge in [-0.1, -0.05) is 41.9 Å². The van der Waals surface area contributed by atoms with Crippen molar-refractivity contribution in [2.75, 3.05) is 5.32 Å². The number of carbonyl (C=O) groups is 1. The van der Waals surface area contributed by atoms with Crippen molar-refractivity contribution in [2.45, 2.75) is 0 Å². The molecule has 0 atom stereocenters. The van der Waals surface area contributed by atoms with E-state index in [1.54, 1.807) is 29.1 Å². The van der Waals surface area contributed by atoms with Crippen molar-refractivity contribution in [3.05, 3.63) is 83.6 Å². The first-order chi connectivity index (χ1) is 12.7. The van der Waals surface area contributed by atoms with Crippen LogP contribution in [0.2, 0.25) is 5.02 Å². The van der Waals surface area contributed by atoms with Crippen molar-refractivity contribution in [3.8, 4) is 16.9 Å². The highest BCUT2D eigenvalue weighted by atomic mass is 35.5. The second-order valence-electron chi connectivity index (χ2n) is 5.60. The van der Waals surface area contributed by atoms with Crippen LogP contribution in [0.1, 0.15) is 10.4 Å². The average molecular weight is 364 g/mol. The monoisotopic (exact) mass is 363 g/mol. The van der Waals surface area contributed by atoms with Gasteiger partial charge in [0, 0.05) is 22.8 Å². The summed E-state index contributed by atoms with van der Waals surface area (Å²) >= 11 is 5.92. The number of hydrogen-bond donors (Lipinski definition) is 2. The Balaban J connectivity index is 1.56. The molecule has 0 unspecified atom stereocenters. The van der Waals surface area contributed by atoms with Crippen molar-refractivity contribution in [1.82, 2.24) is 20.0 Å². The van der Waals surface area contributed by atoms with Gasteiger partial charge in [-0.3, -0.25) is 9.89 Å². The van der Waals surface area contributed by atoms with Crippen LogP contribution in [0, 0.1) is 0 Å². The van der Waals surface area contributed by atoms with Gasteiger partial charge in [0.25, 0.3) is 5.91 Å². The zero-order valence-electron chi connectivity index (χ0n) is 13.6. The summed E-state index contributed by atoms with van der Waals surface area (Å²) in [6, 6.07) is 18.6. The van der Waals surface area contributed by atoms with E-state index in [0.717, 1.165) is 11.3 Å². The van der Waals surface area contributed by atoms with Crippen molar-refractivity contribution in [3.63, 3.8) is 0 Å². The number of carbonyl (C=O) groups excluding carboxylic acids is 1. The molecule has 6 nitrogen and oxygen atoms in total. The number of rotatable bonds is 4. The van der Waals surface area contributed by atoms with Crippen molar-refractivity contribution in [2.24, 2.45) is 0 Å². The Labute approximate surface area is 154 Å². The molecule has 2 heterocycles. The molecule has 128 valence electrons. The molecule has 0 bridgehead atoms. The highest BCUT2D eigenvalue weighted by Gasteiger charge is 2.16. The van der Waals surface area contributed by atoms with Crippen LogP contribution in [0.3, 0.4) is 0 Å². The van der Waals surface area contributed by atoms with E-state index in [-0.39, 0.29) is 5.91 Å². The lowest BCUT2D eigenvalue weighted by Crippen LogP contribution is -2.13. The molecule has 26 heavy (non-hydrogen) atoms. The Hall–Kier alpha value is -3.38. The second-order valence-corrected chi connectivity index (χ2v) is 6.04. The summed E-state index contributed by atoms with van der Waals surface area (Å²) in [7, 11) is 0. The summed E-state index contributed by atoms with van der Waals surface area (Å²) in [5.41, 5.74) is 2.80. The molecular weight excluding hydrogens is 350 g/mol. The van der Waals surface area contributed by atoms with E-state index < -0.39 is 0 Å². The molecule has 4 aromatic rings. The lowest BCUT2D eigenvalue weighted by molar-refractivity contribution is 0.102. The number of aromatic nitrogens is 4. The zero-order chi connectivity index (χ0) is 17.9. The molecule has 0 fully saturated rings. The Morgan fingerprint density at radius 2 is 1.81 bits per heavy atom. The van der Waals surface area contributed by atoms with E-state index in [4.69, 9.17) is 11.6 Å². The molecule has 2 N–H and O–H groups in total. The molecular formula is C19H14ClN5O. The van der Waals surface area contributed by atoms with Gasteiger partial charge in [-0.25, -0.2) is 4.68 Å². The Kier molecular flexibility index (Phi) is 4.25. The molecule has 0 saturated carbocycles. The third-order valence-corrected chi connectivity index (χ3v) is 4.12. The van der Waals surface area contributed by atoms with Gasteiger partial charge in [-0.05, 0) is 24.3 Å². The summed E-state index contributed by atoms with van der Waals surface area (Å²) < 4.78 is 1.70. The van der Waals surface area contributed by atoms with Crippen molar-refractivity contribution < 1.29 is 4.79 Å². The third-order valence-electron chi connectivity index (χ3n) is 3.87. The Bertz CT molecular complexity index is 1040. The molecule has 0 saturated heterocycles. The fraction of sp³-hybridized carbons (Fsp3) is 0. The topological polar surface area (TPSA) is 75.6 Å². The minimum Gasteiger partial charge on any atom is -0.305 e. The summed E-state index contributed by atoms with van der Waals surface area (Å²) in [6.45, 7) is 0. The summed E-state index contributed by atoms with van der Waals surface area (Å²) in [6.07, 6.45) is 3.29. The van der Waals surface area contributed by atoms with Crippen LogP contribution in [0.4, 0.5) is 5.82 Å². The highest BCUT2D eigenvalue weighted by Crippen LogP contribution is 2.23. The highest BCUT2D eigenvalue weighted by molar-refractivity contribution is 6.30. The third kappa shape index (κ3) is 3.22. The number of hydrogen-bond acceptors (Lipinski definition) is 3. The molecule has 4 rings (SSSR count). The maximum Gasteiger partial charge on any atom is 0.260 e. The first-order valence-corrected chi connectivity index (χ1v) is 8.30. The number of H-pyrrole nitrogens is 1. The number of amides is 1. The van der Waals surface area contributed by atoms with Crippen LogP contribution < -0.4 is 5.32 Å². The minimum atomic E-state index is -0.290. The maximum atomic E-state index is 12.6. The molecule has 0 aliphatic carbocycles. The van der Waals surface area contributed by atoms with Crippen molar-refractivity contribution in [1.29, 1.82) is 0 Å². The molecule has 0 spiro atoms. The van der Waals surface area contributed by atoms with E-state index in [1.165, 1.54) is 6.20 Å². The number of para-hydroxylation sites is 1. The fourth-order valence-corrected chi connectivity index (χ4v) is 2.72. The van der Waals surface area contributed by atoms with Crippen LogP contribution in [0.5, 0.6) is 0 Å². The lowest BCUT2D eigenvalue weighted by Gasteiger charge is -2.04. The van der Waals surface area contributed by atoms with Gasteiger partial charge in [0.1, 0.15) is 0 Å². The van der Waals surface area contributed by atoms with E-state index in [9.17, 15) is 4.79 Å². The van der Waals surface area contributed by atoms with E-state index in [0.29, 0.717) is 22.1 Å². The van der Waals surface area contributed by atoms with Gasteiger partial charge in [0.15, 0.2) is 5.82 Å². The molecule has 2 aromatic carbocycles.